The van der Waals surface area contributed by atoms with Crippen LogP contribution in [-0.4, -0.2) is 18.9 Å². The van der Waals surface area contributed by atoms with Crippen LogP contribution < -0.4 is 10.6 Å². The molecular formula is C16H24N2OS. The second-order valence-electron chi connectivity index (χ2n) is 6.75. The van der Waals surface area contributed by atoms with Gasteiger partial charge in [0, 0.05) is 25.6 Å². The lowest BCUT2D eigenvalue weighted by Crippen LogP contribution is -2.38. The fraction of sp³-hybridized carbons (Fsp3) is 0.688. The molecule has 2 N–H and O–H groups in total. The van der Waals surface area contributed by atoms with E-state index in [0.717, 1.165) is 35.5 Å². The first-order valence-corrected chi connectivity index (χ1v) is 8.47. The predicted molar refractivity (Wildman–Crippen MR) is 85.9 cm³/mol. The van der Waals surface area contributed by atoms with Crippen molar-refractivity contribution in [3.05, 3.63) is 10.4 Å². The smallest absolute Gasteiger partial charge is 0.171 e. The second-order valence-corrected chi connectivity index (χ2v) is 7.74. The Balaban J connectivity index is 1.99. The van der Waals surface area contributed by atoms with Gasteiger partial charge in [0.1, 0.15) is 0 Å². The fourth-order valence-electron chi connectivity index (χ4n) is 3.54. The second kappa shape index (κ2) is 5.06. The number of Topliss-reactive ketones (excluding diaryl/α,β-unsaturated/α-hetero) is 1. The molecule has 1 saturated heterocycles. The van der Waals surface area contributed by atoms with E-state index in [1.807, 2.05) is 0 Å². The molecule has 0 amide bonds. The number of anilines is 2. The van der Waals surface area contributed by atoms with Crippen LogP contribution in [0.2, 0.25) is 0 Å². The molecule has 20 heavy (non-hydrogen) atoms. The molecule has 1 aromatic rings. The van der Waals surface area contributed by atoms with Gasteiger partial charge in [0.2, 0.25) is 0 Å². The minimum Gasteiger partial charge on any atom is -0.397 e. The van der Waals surface area contributed by atoms with Crippen LogP contribution in [0.4, 0.5) is 10.7 Å². The number of piperidine rings is 1. The topological polar surface area (TPSA) is 46.3 Å². The van der Waals surface area contributed by atoms with Gasteiger partial charge in [0.15, 0.2) is 5.78 Å². The van der Waals surface area contributed by atoms with E-state index < -0.39 is 0 Å². The van der Waals surface area contributed by atoms with Crippen LogP contribution in [0.5, 0.6) is 0 Å². The zero-order chi connectivity index (χ0) is 14.4. The Kier molecular flexibility index (Phi) is 3.53. The minimum atomic E-state index is 0.110. The zero-order valence-corrected chi connectivity index (χ0v) is 13.4. The third-order valence-corrected chi connectivity index (χ3v) is 5.81. The Morgan fingerprint density at radius 1 is 1.25 bits per heavy atom. The molecule has 2 heterocycles. The Morgan fingerprint density at radius 2 is 1.85 bits per heavy atom. The quantitative estimate of drug-likeness (QED) is 0.860. The van der Waals surface area contributed by atoms with E-state index in [1.54, 1.807) is 18.3 Å². The number of hydrogen-bond donors (Lipinski definition) is 1. The first-order chi connectivity index (χ1) is 9.47. The van der Waals surface area contributed by atoms with Crippen LogP contribution in [0.1, 0.15) is 61.2 Å². The number of nitrogens with two attached hydrogens (primary N) is 1. The monoisotopic (exact) mass is 292 g/mol. The van der Waals surface area contributed by atoms with Crippen LogP contribution in [0.25, 0.3) is 0 Å². The van der Waals surface area contributed by atoms with Crippen LogP contribution in [0.15, 0.2) is 0 Å². The van der Waals surface area contributed by atoms with Gasteiger partial charge >= 0.3 is 0 Å². The number of rotatable bonds is 3. The molecule has 1 saturated carbocycles. The molecule has 2 unspecified atom stereocenters. The zero-order valence-electron chi connectivity index (χ0n) is 12.6. The molecule has 0 spiro atoms. The molecule has 2 aliphatic rings. The third kappa shape index (κ3) is 2.46. The number of thiophene rings is 1. The summed E-state index contributed by atoms with van der Waals surface area (Å²) in [6, 6.07) is 0. The van der Waals surface area contributed by atoms with Gasteiger partial charge in [-0.15, -0.1) is 11.3 Å². The minimum absolute atomic E-state index is 0.110. The van der Waals surface area contributed by atoms with Crippen LogP contribution >= 0.6 is 11.3 Å². The van der Waals surface area contributed by atoms with Gasteiger partial charge in [-0.25, -0.2) is 0 Å². The van der Waals surface area contributed by atoms with Crippen molar-refractivity contribution >= 4 is 27.8 Å². The normalized spacial score (nSPS) is 26.9. The van der Waals surface area contributed by atoms with Gasteiger partial charge < -0.3 is 10.6 Å². The lowest BCUT2D eigenvalue weighted by Gasteiger charge is -2.36. The molecule has 1 aliphatic heterocycles. The number of carbonyl (C=O) groups excluding carboxylic acids is 1. The Morgan fingerprint density at radius 3 is 2.35 bits per heavy atom. The van der Waals surface area contributed by atoms with Crippen molar-refractivity contribution in [2.45, 2.75) is 46.0 Å². The highest BCUT2D eigenvalue weighted by Gasteiger charge is 2.35. The van der Waals surface area contributed by atoms with Gasteiger partial charge in [0.05, 0.1) is 15.6 Å². The molecule has 2 fully saturated rings. The van der Waals surface area contributed by atoms with E-state index in [0.29, 0.717) is 5.92 Å². The molecular weight excluding hydrogens is 268 g/mol. The van der Waals surface area contributed by atoms with Crippen molar-refractivity contribution in [3.63, 3.8) is 0 Å². The lowest BCUT2D eigenvalue weighted by molar-refractivity contribution is 0.102. The third-order valence-electron chi connectivity index (χ3n) is 4.43. The van der Waals surface area contributed by atoms with Gasteiger partial charge in [0.25, 0.3) is 0 Å². The molecule has 0 aromatic carbocycles. The highest BCUT2D eigenvalue weighted by atomic mass is 32.1. The summed E-state index contributed by atoms with van der Waals surface area (Å²) in [6.07, 6.45) is 3.75. The van der Waals surface area contributed by atoms with Crippen molar-refractivity contribution in [2.75, 3.05) is 23.7 Å². The van der Waals surface area contributed by atoms with E-state index in [2.05, 4.69) is 18.7 Å². The van der Waals surface area contributed by atoms with Gasteiger partial charge in [-0.3, -0.25) is 4.79 Å². The van der Waals surface area contributed by atoms with Crippen LogP contribution in [-0.2, 0) is 0 Å². The average Bonchev–Trinajstić information content (AvgIpc) is 3.11. The van der Waals surface area contributed by atoms with Crippen LogP contribution in [0, 0.1) is 11.8 Å². The first kappa shape index (κ1) is 13.9. The summed E-state index contributed by atoms with van der Waals surface area (Å²) >= 11 is 1.62. The van der Waals surface area contributed by atoms with E-state index in [1.165, 1.54) is 29.8 Å². The number of nitrogens with zero attached hydrogens (tertiary/aromatic N) is 1. The molecule has 0 radical (unpaired) electrons. The number of hydrogen-bond acceptors (Lipinski definition) is 4. The van der Waals surface area contributed by atoms with Crippen LogP contribution in [0.3, 0.4) is 0 Å². The molecule has 0 bridgehead atoms. The highest BCUT2D eigenvalue weighted by molar-refractivity contribution is 7.18. The molecule has 3 rings (SSSR count). The van der Waals surface area contributed by atoms with E-state index in [4.69, 9.17) is 5.73 Å². The van der Waals surface area contributed by atoms with Crippen molar-refractivity contribution in [1.29, 1.82) is 0 Å². The molecule has 4 heteroatoms. The summed E-state index contributed by atoms with van der Waals surface area (Å²) in [4.78, 5) is 15.1. The summed E-state index contributed by atoms with van der Waals surface area (Å²) in [5.74, 6) is 2.14. The summed E-state index contributed by atoms with van der Waals surface area (Å²) in [7, 11) is 0. The first-order valence-electron chi connectivity index (χ1n) is 7.65. The van der Waals surface area contributed by atoms with E-state index >= 15 is 0 Å². The Bertz CT molecular complexity index is 523. The van der Waals surface area contributed by atoms with Crippen molar-refractivity contribution < 1.29 is 4.79 Å². The maximum Gasteiger partial charge on any atom is 0.171 e. The van der Waals surface area contributed by atoms with E-state index in [-0.39, 0.29) is 5.78 Å². The molecule has 2 atom stereocenters. The van der Waals surface area contributed by atoms with Gasteiger partial charge in [-0.1, -0.05) is 13.8 Å². The summed E-state index contributed by atoms with van der Waals surface area (Å²) in [5.41, 5.74) is 8.33. The molecule has 3 nitrogen and oxygen atoms in total. The summed E-state index contributed by atoms with van der Waals surface area (Å²) < 4.78 is 0. The fourth-order valence-corrected chi connectivity index (χ4v) is 4.76. The Labute approximate surface area is 125 Å². The molecule has 1 aromatic heterocycles. The number of carbonyl (C=O) groups is 1. The van der Waals surface area contributed by atoms with Gasteiger partial charge in [-0.2, -0.15) is 0 Å². The molecule has 1 aliphatic carbocycles. The highest BCUT2D eigenvalue weighted by Crippen LogP contribution is 2.52. The maximum atomic E-state index is 11.8. The molecule has 110 valence electrons. The van der Waals surface area contributed by atoms with Gasteiger partial charge in [-0.05, 0) is 37.0 Å². The maximum absolute atomic E-state index is 11.8. The average molecular weight is 292 g/mol. The number of nitrogen functional groups attached to an aromatic ring is 1. The summed E-state index contributed by atoms with van der Waals surface area (Å²) in [5, 5.41) is 1.29. The SMILES string of the molecule is CC(=O)c1sc(N2CC(C)CC(C)C2)c(C2CC2)c1N. The standard InChI is InChI=1S/C16H24N2OS/c1-9-6-10(2)8-18(7-9)16-13(12-4-5-12)14(17)15(20-16)11(3)19/h9-10,12H,4-8,17H2,1-3H3. The van der Waals surface area contributed by atoms with Crippen molar-refractivity contribution in [2.24, 2.45) is 11.8 Å². The summed E-state index contributed by atoms with van der Waals surface area (Å²) in [6.45, 7) is 8.47. The number of ketones is 1. The predicted octanol–water partition coefficient (Wildman–Crippen LogP) is 3.89. The van der Waals surface area contributed by atoms with Crippen molar-refractivity contribution in [1.82, 2.24) is 0 Å². The lowest BCUT2D eigenvalue weighted by atomic mass is 9.92. The largest absolute Gasteiger partial charge is 0.397 e. The Hall–Kier alpha value is -1.03. The van der Waals surface area contributed by atoms with E-state index in [9.17, 15) is 4.79 Å². The van der Waals surface area contributed by atoms with Crippen molar-refractivity contribution in [3.8, 4) is 0 Å².